The fourth-order valence-corrected chi connectivity index (χ4v) is 7.37. The van der Waals surface area contributed by atoms with E-state index in [1.165, 1.54) is 19.3 Å². The first-order valence-electron chi connectivity index (χ1n) is 10.7. The smallest absolute Gasteiger partial charge is 0.431 e. The Balaban J connectivity index is 1.44. The molecule has 0 saturated heterocycles. The summed E-state index contributed by atoms with van der Waals surface area (Å²) in [5, 5.41) is 0. The predicted molar refractivity (Wildman–Crippen MR) is 102 cm³/mol. The van der Waals surface area contributed by atoms with Gasteiger partial charge < -0.3 is 9.47 Å². The Morgan fingerprint density at radius 1 is 1.15 bits per heavy atom. The minimum absolute atomic E-state index is 0.0324. The van der Waals surface area contributed by atoms with Gasteiger partial charge in [-0.15, -0.1) is 6.42 Å². The lowest BCUT2D eigenvalue weighted by Gasteiger charge is -2.60. The number of ketones is 1. The molecular weight excluding hydrogens is 340 g/mol. The zero-order valence-corrected chi connectivity index (χ0v) is 16.7. The van der Waals surface area contributed by atoms with Crippen LogP contribution in [-0.4, -0.2) is 24.6 Å². The van der Waals surface area contributed by atoms with Gasteiger partial charge in [0.05, 0.1) is 0 Å². The minimum Gasteiger partial charge on any atom is -0.431 e. The van der Waals surface area contributed by atoms with Crippen molar-refractivity contribution in [1.29, 1.82) is 0 Å². The molecule has 4 saturated carbocycles. The molecule has 4 fully saturated rings. The molecule has 7 atom stereocenters. The lowest BCUT2D eigenvalue weighted by atomic mass is 9.45. The Labute approximate surface area is 162 Å². The summed E-state index contributed by atoms with van der Waals surface area (Å²) in [6.45, 7) is 4.68. The van der Waals surface area contributed by atoms with E-state index in [4.69, 9.17) is 15.9 Å². The summed E-state index contributed by atoms with van der Waals surface area (Å²) >= 11 is 0. The Bertz CT molecular complexity index is 664. The number of terminal acetylenes is 1. The molecule has 148 valence electrons. The second-order valence-electron chi connectivity index (χ2n) is 9.83. The summed E-state index contributed by atoms with van der Waals surface area (Å²) in [5.41, 5.74) is 0.268. The van der Waals surface area contributed by atoms with Gasteiger partial charge in [-0.05, 0) is 80.5 Å². The van der Waals surface area contributed by atoms with Gasteiger partial charge in [-0.1, -0.05) is 19.8 Å². The van der Waals surface area contributed by atoms with E-state index >= 15 is 0 Å². The van der Waals surface area contributed by atoms with E-state index in [2.05, 4.69) is 19.8 Å². The van der Waals surface area contributed by atoms with Gasteiger partial charge in [0.15, 0.2) is 6.61 Å². The van der Waals surface area contributed by atoms with Crippen LogP contribution in [0.5, 0.6) is 0 Å². The highest BCUT2D eigenvalue weighted by atomic mass is 16.7. The molecule has 0 aromatic heterocycles. The lowest BCUT2D eigenvalue weighted by molar-refractivity contribution is -0.143. The molecule has 1 unspecified atom stereocenters. The number of hydrogen-bond acceptors (Lipinski definition) is 4. The molecule has 0 radical (unpaired) electrons. The molecule has 0 bridgehead atoms. The SMILES string of the molecule is C#CCOC(=O)O[C@H]1CC[C@@]2(C)C(CC[C@@H]3[C@@H]2CC[C@]2(C)C(=O)CC[C@@H]32)C1. The number of fused-ring (bicyclic) bond motifs is 5. The highest BCUT2D eigenvalue weighted by Gasteiger charge is 2.60. The number of carbonyl (C=O) groups is 2. The first-order chi connectivity index (χ1) is 12.9. The quantitative estimate of drug-likeness (QED) is 0.518. The Hall–Kier alpha value is -1.50. The fraction of sp³-hybridized carbons (Fsp3) is 0.826. The molecule has 4 nitrogen and oxygen atoms in total. The third-order valence-electron chi connectivity index (χ3n) is 8.86. The molecule has 0 aromatic carbocycles. The second kappa shape index (κ2) is 6.83. The van der Waals surface area contributed by atoms with Crippen LogP contribution in [0.1, 0.15) is 71.6 Å². The van der Waals surface area contributed by atoms with Crippen molar-refractivity contribution in [2.24, 2.45) is 34.5 Å². The Kier molecular flexibility index (Phi) is 4.77. The molecule has 4 rings (SSSR count). The molecule has 4 aliphatic carbocycles. The number of hydrogen-bond donors (Lipinski definition) is 0. The summed E-state index contributed by atoms with van der Waals surface area (Å²) in [6, 6.07) is 0. The number of rotatable bonds is 2. The van der Waals surface area contributed by atoms with Crippen molar-refractivity contribution in [3.63, 3.8) is 0 Å². The number of carbonyl (C=O) groups excluding carboxylic acids is 2. The standard InChI is InChI=1S/C23H32O4/c1-4-13-26-21(25)27-16-9-11-22(2)15(14-16)5-6-17-18-7-8-20(24)23(18,3)12-10-19(17)22/h1,15-19H,5-14H2,2-3H3/t15?,16-,17-,18-,19-,22-,23-/m0/s1. The van der Waals surface area contributed by atoms with Crippen LogP contribution in [0.4, 0.5) is 4.79 Å². The molecule has 0 aliphatic heterocycles. The third-order valence-corrected chi connectivity index (χ3v) is 8.86. The summed E-state index contributed by atoms with van der Waals surface area (Å²) in [7, 11) is 0. The molecule has 0 aromatic rings. The van der Waals surface area contributed by atoms with Crippen molar-refractivity contribution < 1.29 is 19.1 Å². The molecule has 27 heavy (non-hydrogen) atoms. The van der Waals surface area contributed by atoms with Gasteiger partial charge in [-0.25, -0.2) is 4.79 Å². The predicted octanol–water partition coefficient (Wildman–Crippen LogP) is 4.75. The molecule has 0 amide bonds. The van der Waals surface area contributed by atoms with E-state index < -0.39 is 6.16 Å². The maximum atomic E-state index is 12.5. The summed E-state index contributed by atoms with van der Waals surface area (Å²) in [5.74, 6) is 5.42. The van der Waals surface area contributed by atoms with Crippen LogP contribution in [0.3, 0.4) is 0 Å². The van der Waals surface area contributed by atoms with E-state index in [0.717, 1.165) is 44.4 Å². The summed E-state index contributed by atoms with van der Waals surface area (Å²) in [6.07, 6.45) is 14.0. The van der Waals surface area contributed by atoms with E-state index in [9.17, 15) is 9.59 Å². The summed E-state index contributed by atoms with van der Waals surface area (Å²) < 4.78 is 10.4. The van der Waals surface area contributed by atoms with Gasteiger partial charge in [0, 0.05) is 11.8 Å². The van der Waals surface area contributed by atoms with Crippen molar-refractivity contribution in [2.45, 2.75) is 77.7 Å². The average Bonchev–Trinajstić information content (AvgIpc) is 2.95. The maximum absolute atomic E-state index is 12.5. The van der Waals surface area contributed by atoms with Crippen LogP contribution >= 0.6 is 0 Å². The summed E-state index contributed by atoms with van der Waals surface area (Å²) in [4.78, 5) is 24.3. The third kappa shape index (κ3) is 2.98. The van der Waals surface area contributed by atoms with Gasteiger partial charge >= 0.3 is 6.16 Å². The first-order valence-corrected chi connectivity index (χ1v) is 10.7. The molecule has 0 spiro atoms. The van der Waals surface area contributed by atoms with Crippen molar-refractivity contribution in [3.05, 3.63) is 0 Å². The van der Waals surface area contributed by atoms with Crippen LogP contribution in [0.15, 0.2) is 0 Å². The average molecular weight is 373 g/mol. The monoisotopic (exact) mass is 372 g/mol. The van der Waals surface area contributed by atoms with Crippen molar-refractivity contribution in [1.82, 2.24) is 0 Å². The van der Waals surface area contributed by atoms with E-state index in [-0.39, 0.29) is 18.1 Å². The van der Waals surface area contributed by atoms with E-state index in [0.29, 0.717) is 29.0 Å². The van der Waals surface area contributed by atoms with Gasteiger partial charge in [0.2, 0.25) is 0 Å². The highest BCUT2D eigenvalue weighted by Crippen LogP contribution is 2.65. The van der Waals surface area contributed by atoms with Crippen molar-refractivity contribution in [2.75, 3.05) is 6.61 Å². The van der Waals surface area contributed by atoms with Crippen LogP contribution in [0.2, 0.25) is 0 Å². The molecular formula is C23H32O4. The zero-order valence-electron chi connectivity index (χ0n) is 16.7. The van der Waals surface area contributed by atoms with Gasteiger partial charge in [0.1, 0.15) is 11.9 Å². The highest BCUT2D eigenvalue weighted by molar-refractivity contribution is 5.87. The minimum atomic E-state index is -0.631. The molecule has 0 heterocycles. The topological polar surface area (TPSA) is 52.6 Å². The van der Waals surface area contributed by atoms with Gasteiger partial charge in [-0.2, -0.15) is 0 Å². The van der Waals surface area contributed by atoms with E-state index in [1.807, 2.05) is 0 Å². The van der Waals surface area contributed by atoms with Gasteiger partial charge in [-0.3, -0.25) is 4.79 Å². The Morgan fingerprint density at radius 2 is 1.96 bits per heavy atom. The zero-order chi connectivity index (χ0) is 19.2. The van der Waals surface area contributed by atoms with Gasteiger partial charge in [0.25, 0.3) is 0 Å². The van der Waals surface area contributed by atoms with Crippen LogP contribution in [-0.2, 0) is 14.3 Å². The van der Waals surface area contributed by atoms with Crippen molar-refractivity contribution >= 4 is 11.9 Å². The largest absolute Gasteiger partial charge is 0.509 e. The van der Waals surface area contributed by atoms with Crippen LogP contribution in [0.25, 0.3) is 0 Å². The maximum Gasteiger partial charge on any atom is 0.509 e. The Morgan fingerprint density at radius 3 is 2.74 bits per heavy atom. The second-order valence-corrected chi connectivity index (χ2v) is 9.83. The van der Waals surface area contributed by atoms with E-state index in [1.54, 1.807) is 0 Å². The number of Topliss-reactive ketones (excluding diaryl/α,β-unsaturated/α-hetero) is 1. The van der Waals surface area contributed by atoms with Crippen LogP contribution < -0.4 is 0 Å². The fourth-order valence-electron chi connectivity index (χ4n) is 7.37. The number of ether oxygens (including phenoxy) is 2. The molecule has 4 heteroatoms. The van der Waals surface area contributed by atoms with Crippen LogP contribution in [0, 0.1) is 46.8 Å². The van der Waals surface area contributed by atoms with Crippen molar-refractivity contribution in [3.8, 4) is 12.3 Å². The normalized spacial score (nSPS) is 45.8. The lowest BCUT2D eigenvalue weighted by Crippen LogP contribution is -2.54. The molecule has 4 aliphatic rings. The molecule has 0 N–H and O–H groups in total. The first kappa shape index (κ1) is 18.8.